The van der Waals surface area contributed by atoms with Crippen molar-refractivity contribution in [2.75, 3.05) is 13.6 Å². The predicted octanol–water partition coefficient (Wildman–Crippen LogP) is 1.57. The average Bonchev–Trinajstić information content (AvgIpc) is 2.20. The van der Waals surface area contributed by atoms with Crippen LogP contribution in [0.25, 0.3) is 0 Å². The Labute approximate surface area is 90.8 Å². The van der Waals surface area contributed by atoms with Crippen molar-refractivity contribution in [1.82, 2.24) is 5.32 Å². The molecule has 3 N–H and O–H groups in total. The van der Waals surface area contributed by atoms with E-state index in [4.69, 9.17) is 0 Å². The molecule has 1 rings (SSSR count). The lowest BCUT2D eigenvalue weighted by Crippen LogP contribution is -2.18. The highest BCUT2D eigenvalue weighted by Crippen LogP contribution is 2.30. The number of aryl methyl sites for hydroxylation is 1. The van der Waals surface area contributed by atoms with Gasteiger partial charge in [0.1, 0.15) is 5.75 Å². The van der Waals surface area contributed by atoms with Gasteiger partial charge < -0.3 is 15.5 Å². The van der Waals surface area contributed by atoms with Crippen LogP contribution in [0.5, 0.6) is 5.75 Å². The van der Waals surface area contributed by atoms with Crippen LogP contribution >= 0.6 is 0 Å². The molecule has 3 nitrogen and oxygen atoms in total. The largest absolute Gasteiger partial charge is 0.507 e. The molecule has 0 aliphatic rings. The first kappa shape index (κ1) is 12.0. The van der Waals surface area contributed by atoms with E-state index in [1.54, 1.807) is 7.05 Å². The summed E-state index contributed by atoms with van der Waals surface area (Å²) in [6.07, 6.45) is -0.520. The molecule has 1 unspecified atom stereocenters. The van der Waals surface area contributed by atoms with E-state index in [0.29, 0.717) is 12.3 Å². The molecule has 1 aromatic rings. The van der Waals surface area contributed by atoms with Crippen molar-refractivity contribution in [1.29, 1.82) is 0 Å². The summed E-state index contributed by atoms with van der Waals surface area (Å²) in [6, 6.07) is 1.85. The number of benzene rings is 1. The Hall–Kier alpha value is -1.06. The lowest BCUT2D eigenvalue weighted by Gasteiger charge is -2.17. The summed E-state index contributed by atoms with van der Waals surface area (Å²) in [5, 5.41) is 22.6. The van der Waals surface area contributed by atoms with E-state index in [1.807, 2.05) is 26.8 Å². The quantitative estimate of drug-likeness (QED) is 0.708. The molecule has 0 aliphatic heterocycles. The van der Waals surface area contributed by atoms with Gasteiger partial charge in [0.05, 0.1) is 6.10 Å². The molecule has 84 valence electrons. The lowest BCUT2D eigenvalue weighted by molar-refractivity contribution is 0.177. The number of rotatable bonds is 3. The zero-order chi connectivity index (χ0) is 11.6. The minimum absolute atomic E-state index is 0.327. The van der Waals surface area contributed by atoms with Gasteiger partial charge >= 0.3 is 0 Å². The van der Waals surface area contributed by atoms with Crippen molar-refractivity contribution < 1.29 is 10.2 Å². The second-order valence-electron chi connectivity index (χ2n) is 3.95. The van der Waals surface area contributed by atoms with Crippen LogP contribution in [0.4, 0.5) is 0 Å². The molecule has 0 spiro atoms. The zero-order valence-corrected chi connectivity index (χ0v) is 9.76. The standard InChI is InChI=1S/C12H19NO2/c1-7-5-10(11(14)6-13-4)8(2)9(3)12(7)15/h5,11,13-15H,6H2,1-4H3. The lowest BCUT2D eigenvalue weighted by atomic mass is 9.95. The second-order valence-corrected chi connectivity index (χ2v) is 3.95. The van der Waals surface area contributed by atoms with Crippen LogP contribution in [-0.4, -0.2) is 23.8 Å². The number of likely N-dealkylation sites (N-methyl/N-ethyl adjacent to an activating group) is 1. The Bertz CT molecular complexity index is 361. The number of aromatic hydroxyl groups is 1. The van der Waals surface area contributed by atoms with Crippen LogP contribution in [-0.2, 0) is 0 Å². The fourth-order valence-electron chi connectivity index (χ4n) is 1.75. The average molecular weight is 209 g/mol. The molecule has 0 amide bonds. The van der Waals surface area contributed by atoms with Gasteiger partial charge in [-0.05, 0) is 56.1 Å². The van der Waals surface area contributed by atoms with E-state index in [-0.39, 0.29) is 0 Å². The Morgan fingerprint density at radius 3 is 2.40 bits per heavy atom. The molecule has 15 heavy (non-hydrogen) atoms. The van der Waals surface area contributed by atoms with Crippen molar-refractivity contribution in [2.24, 2.45) is 0 Å². The van der Waals surface area contributed by atoms with Crippen LogP contribution in [0.3, 0.4) is 0 Å². The molecule has 0 heterocycles. The number of phenolic OH excluding ortho intramolecular Hbond substituents is 1. The Kier molecular flexibility index (Phi) is 3.72. The summed E-state index contributed by atoms with van der Waals surface area (Å²) in [5.74, 6) is 0.327. The Balaban J connectivity index is 3.19. The maximum absolute atomic E-state index is 9.90. The van der Waals surface area contributed by atoms with Gasteiger partial charge in [0.15, 0.2) is 0 Å². The highest BCUT2D eigenvalue weighted by molar-refractivity contribution is 5.48. The van der Waals surface area contributed by atoms with Gasteiger partial charge in [-0.15, -0.1) is 0 Å². The maximum atomic E-state index is 9.90. The zero-order valence-electron chi connectivity index (χ0n) is 9.76. The third-order valence-corrected chi connectivity index (χ3v) is 2.85. The molecule has 0 aromatic heterocycles. The van der Waals surface area contributed by atoms with Gasteiger partial charge in [-0.2, -0.15) is 0 Å². The van der Waals surface area contributed by atoms with Gasteiger partial charge in [-0.25, -0.2) is 0 Å². The van der Waals surface area contributed by atoms with Crippen LogP contribution in [0, 0.1) is 20.8 Å². The number of phenols is 1. The summed E-state index contributed by atoms with van der Waals surface area (Å²) in [4.78, 5) is 0. The Morgan fingerprint density at radius 2 is 1.87 bits per heavy atom. The summed E-state index contributed by atoms with van der Waals surface area (Å²) in [7, 11) is 1.80. The van der Waals surface area contributed by atoms with E-state index in [2.05, 4.69) is 5.32 Å². The molecule has 0 aliphatic carbocycles. The molecule has 0 fully saturated rings. The monoisotopic (exact) mass is 209 g/mol. The first-order valence-electron chi connectivity index (χ1n) is 5.11. The maximum Gasteiger partial charge on any atom is 0.121 e. The fourth-order valence-corrected chi connectivity index (χ4v) is 1.75. The van der Waals surface area contributed by atoms with Gasteiger partial charge in [0.2, 0.25) is 0 Å². The number of aliphatic hydroxyl groups is 1. The van der Waals surface area contributed by atoms with Crippen molar-refractivity contribution in [3.05, 3.63) is 28.3 Å². The molecule has 0 radical (unpaired) electrons. The number of hydrogen-bond donors (Lipinski definition) is 3. The first-order chi connectivity index (χ1) is 6.99. The van der Waals surface area contributed by atoms with Gasteiger partial charge in [0.25, 0.3) is 0 Å². The molecule has 0 saturated carbocycles. The predicted molar refractivity (Wildman–Crippen MR) is 61.2 cm³/mol. The fraction of sp³-hybridized carbons (Fsp3) is 0.500. The highest BCUT2D eigenvalue weighted by Gasteiger charge is 2.14. The van der Waals surface area contributed by atoms with E-state index in [1.165, 1.54) is 0 Å². The third kappa shape index (κ3) is 2.30. The molecule has 1 atom stereocenters. The van der Waals surface area contributed by atoms with Crippen LogP contribution in [0.1, 0.15) is 28.4 Å². The summed E-state index contributed by atoms with van der Waals surface area (Å²) >= 11 is 0. The van der Waals surface area contributed by atoms with Gasteiger partial charge in [-0.1, -0.05) is 0 Å². The van der Waals surface area contributed by atoms with E-state index >= 15 is 0 Å². The van der Waals surface area contributed by atoms with E-state index in [9.17, 15) is 10.2 Å². The number of nitrogens with one attached hydrogen (secondary N) is 1. The topological polar surface area (TPSA) is 52.5 Å². The molecular weight excluding hydrogens is 190 g/mol. The van der Waals surface area contributed by atoms with Crippen molar-refractivity contribution in [2.45, 2.75) is 26.9 Å². The van der Waals surface area contributed by atoms with Crippen LogP contribution in [0.2, 0.25) is 0 Å². The number of aliphatic hydroxyl groups excluding tert-OH is 1. The minimum atomic E-state index is -0.520. The van der Waals surface area contributed by atoms with Crippen LogP contribution < -0.4 is 5.32 Å². The molecule has 0 saturated heterocycles. The number of hydrogen-bond acceptors (Lipinski definition) is 3. The molecule has 1 aromatic carbocycles. The van der Waals surface area contributed by atoms with Crippen LogP contribution in [0.15, 0.2) is 6.07 Å². The SMILES string of the molecule is CNCC(O)c1cc(C)c(O)c(C)c1C. The molecule has 0 bridgehead atoms. The van der Waals surface area contributed by atoms with Crippen molar-refractivity contribution in [3.63, 3.8) is 0 Å². The van der Waals surface area contributed by atoms with Gasteiger partial charge in [0, 0.05) is 6.54 Å². The smallest absolute Gasteiger partial charge is 0.121 e. The van der Waals surface area contributed by atoms with E-state index in [0.717, 1.165) is 22.3 Å². The first-order valence-corrected chi connectivity index (χ1v) is 5.11. The van der Waals surface area contributed by atoms with Gasteiger partial charge in [-0.3, -0.25) is 0 Å². The summed E-state index contributed by atoms with van der Waals surface area (Å²) < 4.78 is 0. The van der Waals surface area contributed by atoms with Crippen molar-refractivity contribution in [3.8, 4) is 5.75 Å². The third-order valence-electron chi connectivity index (χ3n) is 2.85. The van der Waals surface area contributed by atoms with Crippen molar-refractivity contribution >= 4 is 0 Å². The summed E-state index contributed by atoms with van der Waals surface area (Å²) in [5.41, 5.74) is 3.50. The Morgan fingerprint density at radius 1 is 1.27 bits per heavy atom. The second kappa shape index (κ2) is 4.64. The minimum Gasteiger partial charge on any atom is -0.507 e. The molecule has 3 heteroatoms. The highest BCUT2D eigenvalue weighted by atomic mass is 16.3. The molecular formula is C12H19NO2. The normalized spacial score (nSPS) is 12.9. The summed E-state index contributed by atoms with van der Waals surface area (Å²) in [6.45, 7) is 6.15. The van der Waals surface area contributed by atoms with E-state index < -0.39 is 6.10 Å².